The molecule has 0 saturated carbocycles. The van der Waals surface area contributed by atoms with Gasteiger partial charge in [-0.05, 0) is 23.6 Å². The third kappa shape index (κ3) is 4.30. The number of fused-ring (bicyclic) bond motifs is 2. The molecular formula is C27H23FN8OS. The number of hydrogen-bond acceptors (Lipinski definition) is 9. The number of pyridine rings is 3. The molecule has 6 rings (SSSR count). The van der Waals surface area contributed by atoms with Gasteiger partial charge in [0, 0.05) is 46.1 Å². The van der Waals surface area contributed by atoms with Crippen LogP contribution in [-0.2, 0) is 11.3 Å². The van der Waals surface area contributed by atoms with Gasteiger partial charge in [0.05, 0.1) is 41.6 Å². The Hall–Kier alpha value is -4.51. The van der Waals surface area contributed by atoms with Crippen LogP contribution < -0.4 is 16.0 Å². The highest BCUT2D eigenvalue weighted by atomic mass is 32.1. The zero-order valence-electron chi connectivity index (χ0n) is 20.6. The van der Waals surface area contributed by atoms with Gasteiger partial charge in [-0.25, -0.2) is 4.39 Å². The average Bonchev–Trinajstić information content (AvgIpc) is 3.47. The molecule has 4 aromatic rings. The van der Waals surface area contributed by atoms with Crippen molar-refractivity contribution >= 4 is 45.9 Å². The second-order valence-electron chi connectivity index (χ2n) is 9.14. The minimum Gasteiger partial charge on any atom is -0.364 e. The van der Waals surface area contributed by atoms with Crippen LogP contribution in [0.2, 0.25) is 0 Å². The van der Waals surface area contributed by atoms with Gasteiger partial charge in [-0.15, -0.1) is 0 Å². The Balaban J connectivity index is 1.35. The minimum absolute atomic E-state index is 0.106. The second kappa shape index (κ2) is 9.75. The predicted molar refractivity (Wildman–Crippen MR) is 148 cm³/mol. The van der Waals surface area contributed by atoms with Gasteiger partial charge in [0.25, 0.3) is 0 Å². The van der Waals surface area contributed by atoms with Gasteiger partial charge in [0.15, 0.2) is 11.7 Å². The number of amides is 1. The lowest BCUT2D eigenvalue weighted by Crippen LogP contribution is -2.32. The summed E-state index contributed by atoms with van der Waals surface area (Å²) in [5.41, 5.74) is 5.99. The van der Waals surface area contributed by atoms with Gasteiger partial charge >= 0.3 is 0 Å². The van der Waals surface area contributed by atoms with E-state index in [2.05, 4.69) is 41.3 Å². The summed E-state index contributed by atoms with van der Waals surface area (Å²) in [6.45, 7) is 4.25. The molecule has 0 spiro atoms. The third-order valence-corrected chi connectivity index (χ3v) is 6.97. The predicted octanol–water partition coefficient (Wildman–Crippen LogP) is 5.20. The fourth-order valence-corrected chi connectivity index (χ4v) is 4.97. The molecule has 2 aliphatic heterocycles. The summed E-state index contributed by atoms with van der Waals surface area (Å²) in [5, 5.41) is 13.3. The highest BCUT2D eigenvalue weighted by Crippen LogP contribution is 2.34. The van der Waals surface area contributed by atoms with E-state index in [1.807, 2.05) is 17.5 Å². The fraction of sp³-hybridized carbons (Fsp3) is 0.185. The van der Waals surface area contributed by atoms with E-state index in [-0.39, 0.29) is 29.8 Å². The number of amidine groups is 1. The van der Waals surface area contributed by atoms with E-state index < -0.39 is 5.82 Å². The molecular weight excluding hydrogens is 503 g/mol. The summed E-state index contributed by atoms with van der Waals surface area (Å²) in [6.07, 6.45) is 6.37. The molecule has 0 aliphatic carbocycles. The molecule has 4 aromatic heterocycles. The normalized spacial score (nSPS) is 14.0. The number of carbonyl (C=O) groups is 1. The smallest absolute Gasteiger partial charge is 0.226 e. The standard InChI is InChI=1S/C27H23FN8OS/c1-14(2)27(37)35-17-7-16(8-29-9-17)24-22(28)21-20(11-31-24)33-13-34-25(21)26-32-10-18-19(36-26)3-5-30-23(18)15-4-6-38-12-15/h3-9,11-12,14,33H,10,13H2,1-2H3,(H,32,36)(H,35,37). The molecule has 6 heterocycles. The van der Waals surface area contributed by atoms with Crippen LogP contribution in [0.4, 0.5) is 21.5 Å². The topological polar surface area (TPSA) is 117 Å². The van der Waals surface area contributed by atoms with Gasteiger partial charge in [-0.3, -0.25) is 29.7 Å². The monoisotopic (exact) mass is 526 g/mol. The average molecular weight is 527 g/mol. The van der Waals surface area contributed by atoms with Gasteiger partial charge in [-0.1, -0.05) is 13.8 Å². The lowest BCUT2D eigenvalue weighted by molar-refractivity contribution is -0.118. The molecule has 190 valence electrons. The summed E-state index contributed by atoms with van der Waals surface area (Å²) in [4.78, 5) is 34.5. The van der Waals surface area contributed by atoms with Crippen molar-refractivity contribution < 1.29 is 9.18 Å². The van der Waals surface area contributed by atoms with Crippen LogP contribution in [0.3, 0.4) is 0 Å². The third-order valence-electron chi connectivity index (χ3n) is 6.29. The lowest BCUT2D eigenvalue weighted by Gasteiger charge is -2.25. The number of thiophene rings is 1. The van der Waals surface area contributed by atoms with Crippen molar-refractivity contribution in [3.63, 3.8) is 0 Å². The first-order chi connectivity index (χ1) is 18.5. The number of halogens is 1. The highest BCUT2D eigenvalue weighted by molar-refractivity contribution is 7.08. The van der Waals surface area contributed by atoms with Crippen LogP contribution in [0.15, 0.2) is 63.7 Å². The van der Waals surface area contributed by atoms with Crippen LogP contribution in [0, 0.1) is 11.7 Å². The van der Waals surface area contributed by atoms with E-state index >= 15 is 4.39 Å². The number of anilines is 3. The van der Waals surface area contributed by atoms with Crippen LogP contribution in [0.5, 0.6) is 0 Å². The Labute approximate surface area is 222 Å². The molecule has 2 aliphatic rings. The summed E-state index contributed by atoms with van der Waals surface area (Å²) < 4.78 is 16.1. The Morgan fingerprint density at radius 3 is 2.79 bits per heavy atom. The van der Waals surface area contributed by atoms with Crippen LogP contribution >= 0.6 is 11.3 Å². The molecule has 0 unspecified atom stereocenters. The molecule has 0 saturated heterocycles. The summed E-state index contributed by atoms with van der Waals surface area (Å²) in [6, 6.07) is 5.57. The van der Waals surface area contributed by atoms with E-state index in [9.17, 15) is 4.79 Å². The van der Waals surface area contributed by atoms with Crippen molar-refractivity contribution in [2.24, 2.45) is 15.9 Å². The first-order valence-corrected chi connectivity index (χ1v) is 13.0. The van der Waals surface area contributed by atoms with E-state index in [0.717, 1.165) is 22.5 Å². The molecule has 11 heteroatoms. The Morgan fingerprint density at radius 1 is 1.08 bits per heavy atom. The molecule has 1 amide bonds. The van der Waals surface area contributed by atoms with Crippen LogP contribution in [0.25, 0.3) is 22.5 Å². The number of carbonyl (C=O) groups excluding carboxylic acids is 1. The zero-order chi connectivity index (χ0) is 26.2. The van der Waals surface area contributed by atoms with Gasteiger partial charge in [0.1, 0.15) is 18.1 Å². The summed E-state index contributed by atoms with van der Waals surface area (Å²) >= 11 is 1.61. The highest BCUT2D eigenvalue weighted by Gasteiger charge is 2.29. The fourth-order valence-electron chi connectivity index (χ4n) is 4.33. The number of hydrogen-bond donors (Lipinski definition) is 3. The first kappa shape index (κ1) is 23.9. The summed E-state index contributed by atoms with van der Waals surface area (Å²) in [7, 11) is 0. The van der Waals surface area contributed by atoms with Crippen molar-refractivity contribution in [1.82, 2.24) is 15.0 Å². The van der Waals surface area contributed by atoms with Crippen LogP contribution in [-0.4, -0.2) is 39.1 Å². The van der Waals surface area contributed by atoms with E-state index in [1.54, 1.807) is 43.6 Å². The Bertz CT molecular complexity index is 1610. The molecule has 0 atom stereocenters. The molecule has 0 radical (unpaired) electrons. The molecule has 9 nitrogen and oxygen atoms in total. The molecule has 0 fully saturated rings. The second-order valence-corrected chi connectivity index (χ2v) is 9.92. The zero-order valence-corrected chi connectivity index (χ0v) is 21.4. The number of nitrogens with zero attached hydrogens (tertiary/aromatic N) is 5. The van der Waals surface area contributed by atoms with E-state index in [4.69, 9.17) is 4.99 Å². The maximum atomic E-state index is 16.1. The van der Waals surface area contributed by atoms with Crippen molar-refractivity contribution in [3.8, 4) is 22.5 Å². The van der Waals surface area contributed by atoms with Crippen molar-refractivity contribution in [2.45, 2.75) is 20.4 Å². The lowest BCUT2D eigenvalue weighted by atomic mass is 10.0. The van der Waals surface area contributed by atoms with E-state index in [1.165, 1.54) is 12.4 Å². The summed E-state index contributed by atoms with van der Waals surface area (Å²) in [5.74, 6) is -0.421. The quantitative estimate of drug-likeness (QED) is 0.329. The van der Waals surface area contributed by atoms with Gasteiger partial charge in [-0.2, -0.15) is 11.3 Å². The van der Waals surface area contributed by atoms with Gasteiger partial charge in [0.2, 0.25) is 5.91 Å². The first-order valence-electron chi connectivity index (χ1n) is 12.1. The molecule has 38 heavy (non-hydrogen) atoms. The Kier molecular flexibility index (Phi) is 6.12. The SMILES string of the molecule is CC(C)C(=O)Nc1cncc(-c2ncc3c(c2F)C(C2=NCc4c(ccnc4-c4ccsc4)N2)=NCN3)c1. The van der Waals surface area contributed by atoms with Crippen LogP contribution in [0.1, 0.15) is 25.0 Å². The number of rotatable bonds is 5. The van der Waals surface area contributed by atoms with Gasteiger partial charge < -0.3 is 16.0 Å². The molecule has 3 N–H and O–H groups in total. The number of aromatic nitrogens is 3. The molecule has 0 bridgehead atoms. The minimum atomic E-state index is -0.549. The Morgan fingerprint density at radius 2 is 1.97 bits per heavy atom. The molecule has 0 aromatic carbocycles. The number of aliphatic imine (C=N–C) groups is 2. The maximum absolute atomic E-state index is 16.1. The largest absolute Gasteiger partial charge is 0.364 e. The van der Waals surface area contributed by atoms with E-state index in [0.29, 0.717) is 35.0 Å². The van der Waals surface area contributed by atoms with Crippen molar-refractivity contribution in [3.05, 3.63) is 70.7 Å². The van der Waals surface area contributed by atoms with Crippen molar-refractivity contribution in [1.29, 1.82) is 0 Å². The maximum Gasteiger partial charge on any atom is 0.226 e. The number of nitrogens with one attached hydrogen (secondary N) is 3. The van der Waals surface area contributed by atoms with Crippen molar-refractivity contribution in [2.75, 3.05) is 22.6 Å².